The Hall–Kier alpha value is -2.96. The van der Waals surface area contributed by atoms with Crippen molar-refractivity contribution in [2.75, 3.05) is 23.3 Å². The van der Waals surface area contributed by atoms with Crippen molar-refractivity contribution in [2.45, 2.75) is 32.2 Å². The first-order chi connectivity index (χ1) is 13.6. The molecule has 2 N–H and O–H groups in total. The van der Waals surface area contributed by atoms with Crippen molar-refractivity contribution in [1.82, 2.24) is 15.3 Å². The van der Waals surface area contributed by atoms with Crippen molar-refractivity contribution in [1.29, 1.82) is 0 Å². The summed E-state index contributed by atoms with van der Waals surface area (Å²) in [7, 11) is 0. The number of amides is 2. The molecule has 2 unspecified atom stereocenters. The second-order valence-electron chi connectivity index (χ2n) is 7.67. The molecule has 0 bridgehead atoms. The highest BCUT2D eigenvalue weighted by Gasteiger charge is 2.39. The first-order valence-electron chi connectivity index (χ1n) is 9.84. The fourth-order valence-corrected chi connectivity index (χ4v) is 3.61. The van der Waals surface area contributed by atoms with E-state index in [9.17, 15) is 9.59 Å². The van der Waals surface area contributed by atoms with Gasteiger partial charge in [-0.25, -0.2) is 9.97 Å². The minimum absolute atomic E-state index is 0.0422. The Kier molecular flexibility index (Phi) is 5.23. The summed E-state index contributed by atoms with van der Waals surface area (Å²) in [5.41, 5.74) is 1.24. The third-order valence-electron chi connectivity index (χ3n) is 5.50. The molecule has 7 heteroatoms. The molecule has 1 saturated carbocycles. The molecule has 2 fully saturated rings. The molecule has 146 valence electrons. The number of hydrogen-bond acceptors (Lipinski definition) is 5. The zero-order valence-electron chi connectivity index (χ0n) is 16.0. The SMILES string of the molecule is CC1CC1C(=O)Nc1cccc(C(=O)NC2CCN(c3ncccn3)CC2)c1. The monoisotopic (exact) mass is 379 g/mol. The van der Waals surface area contributed by atoms with Crippen molar-refractivity contribution >= 4 is 23.5 Å². The number of aromatic nitrogens is 2. The molecule has 1 aromatic heterocycles. The Morgan fingerprint density at radius 2 is 1.82 bits per heavy atom. The van der Waals surface area contributed by atoms with Gasteiger partial charge in [0.1, 0.15) is 0 Å². The first kappa shape index (κ1) is 18.4. The van der Waals surface area contributed by atoms with Crippen LogP contribution in [0.5, 0.6) is 0 Å². The van der Waals surface area contributed by atoms with E-state index in [0.717, 1.165) is 38.3 Å². The van der Waals surface area contributed by atoms with Gasteiger partial charge in [-0.1, -0.05) is 13.0 Å². The lowest BCUT2D eigenvalue weighted by Gasteiger charge is -2.32. The van der Waals surface area contributed by atoms with Crippen molar-refractivity contribution < 1.29 is 9.59 Å². The minimum Gasteiger partial charge on any atom is -0.349 e. The molecular formula is C21H25N5O2. The maximum atomic E-state index is 12.6. The van der Waals surface area contributed by atoms with Gasteiger partial charge in [0.25, 0.3) is 5.91 Å². The van der Waals surface area contributed by atoms with Crippen LogP contribution in [0.1, 0.15) is 36.5 Å². The van der Waals surface area contributed by atoms with Crippen LogP contribution in [0.25, 0.3) is 0 Å². The van der Waals surface area contributed by atoms with Crippen molar-refractivity contribution in [2.24, 2.45) is 11.8 Å². The number of carbonyl (C=O) groups excluding carboxylic acids is 2. The van der Waals surface area contributed by atoms with Crippen LogP contribution < -0.4 is 15.5 Å². The highest BCUT2D eigenvalue weighted by molar-refractivity contribution is 5.98. The van der Waals surface area contributed by atoms with E-state index in [-0.39, 0.29) is 23.8 Å². The Labute approximate surface area is 164 Å². The summed E-state index contributed by atoms with van der Waals surface area (Å²) in [6, 6.07) is 9.07. The molecular weight excluding hydrogens is 354 g/mol. The smallest absolute Gasteiger partial charge is 0.251 e. The lowest BCUT2D eigenvalue weighted by Crippen LogP contribution is -2.45. The number of rotatable bonds is 5. The van der Waals surface area contributed by atoms with Crippen LogP contribution in [0.15, 0.2) is 42.7 Å². The Balaban J connectivity index is 1.30. The Morgan fingerprint density at radius 3 is 2.50 bits per heavy atom. The van der Waals surface area contributed by atoms with Gasteiger partial charge in [-0.2, -0.15) is 0 Å². The summed E-state index contributed by atoms with van der Waals surface area (Å²) in [6.07, 6.45) is 6.12. The summed E-state index contributed by atoms with van der Waals surface area (Å²) in [5.74, 6) is 1.24. The Bertz CT molecular complexity index is 849. The maximum Gasteiger partial charge on any atom is 0.251 e. The third kappa shape index (κ3) is 4.30. The molecule has 2 aromatic rings. The molecule has 0 spiro atoms. The van der Waals surface area contributed by atoms with E-state index >= 15 is 0 Å². The molecule has 0 radical (unpaired) electrons. The zero-order valence-corrected chi connectivity index (χ0v) is 16.0. The molecule has 4 rings (SSSR count). The van der Waals surface area contributed by atoms with Crippen molar-refractivity contribution in [3.63, 3.8) is 0 Å². The van der Waals surface area contributed by atoms with Gasteiger partial charge in [0.15, 0.2) is 0 Å². The number of benzene rings is 1. The van der Waals surface area contributed by atoms with Gasteiger partial charge in [-0.15, -0.1) is 0 Å². The third-order valence-corrected chi connectivity index (χ3v) is 5.50. The van der Waals surface area contributed by atoms with Gasteiger partial charge in [0.05, 0.1) is 0 Å². The van der Waals surface area contributed by atoms with E-state index < -0.39 is 0 Å². The molecule has 1 saturated heterocycles. The van der Waals surface area contributed by atoms with E-state index in [0.29, 0.717) is 17.2 Å². The molecule has 1 aliphatic carbocycles. The van der Waals surface area contributed by atoms with E-state index in [1.807, 2.05) is 6.07 Å². The summed E-state index contributed by atoms with van der Waals surface area (Å²) in [4.78, 5) is 35.4. The number of piperidine rings is 1. The van der Waals surface area contributed by atoms with Crippen LogP contribution in [0.2, 0.25) is 0 Å². The fourth-order valence-electron chi connectivity index (χ4n) is 3.61. The normalized spacial score (nSPS) is 21.8. The summed E-state index contributed by atoms with van der Waals surface area (Å²) in [5, 5.41) is 6.03. The topological polar surface area (TPSA) is 87.2 Å². The fraction of sp³-hybridized carbons (Fsp3) is 0.429. The molecule has 2 amide bonds. The van der Waals surface area contributed by atoms with E-state index in [2.05, 4.69) is 32.4 Å². The first-order valence-corrected chi connectivity index (χ1v) is 9.84. The van der Waals surface area contributed by atoms with Crippen LogP contribution in [0.3, 0.4) is 0 Å². The number of carbonyl (C=O) groups is 2. The Morgan fingerprint density at radius 1 is 1.11 bits per heavy atom. The number of anilines is 2. The van der Waals surface area contributed by atoms with Crippen molar-refractivity contribution in [3.8, 4) is 0 Å². The molecule has 1 aliphatic heterocycles. The average Bonchev–Trinajstić information content (AvgIpc) is 3.46. The molecule has 28 heavy (non-hydrogen) atoms. The lowest BCUT2D eigenvalue weighted by atomic mass is 10.0. The van der Waals surface area contributed by atoms with Crippen LogP contribution in [0.4, 0.5) is 11.6 Å². The van der Waals surface area contributed by atoms with Crippen LogP contribution in [-0.2, 0) is 4.79 Å². The summed E-state index contributed by atoms with van der Waals surface area (Å²) in [6.45, 7) is 3.69. The highest BCUT2D eigenvalue weighted by atomic mass is 16.2. The zero-order chi connectivity index (χ0) is 19.5. The van der Waals surface area contributed by atoms with Gasteiger partial charge < -0.3 is 15.5 Å². The number of hydrogen-bond donors (Lipinski definition) is 2. The lowest BCUT2D eigenvalue weighted by molar-refractivity contribution is -0.117. The second-order valence-corrected chi connectivity index (χ2v) is 7.67. The van der Waals surface area contributed by atoms with Gasteiger partial charge in [-0.05, 0) is 49.4 Å². The standard InChI is InChI=1S/C21H25N5O2/c1-14-12-18(14)20(28)25-17-5-2-4-15(13-17)19(27)24-16-6-10-26(11-7-16)21-22-8-3-9-23-21/h2-5,8-9,13-14,16,18H,6-7,10-12H2,1H3,(H,24,27)(H,25,28). The molecule has 2 heterocycles. The maximum absolute atomic E-state index is 12.6. The van der Waals surface area contributed by atoms with Crippen LogP contribution in [0, 0.1) is 11.8 Å². The van der Waals surface area contributed by atoms with Crippen LogP contribution >= 0.6 is 0 Å². The average molecular weight is 379 g/mol. The summed E-state index contributed by atoms with van der Waals surface area (Å²) < 4.78 is 0. The molecule has 7 nitrogen and oxygen atoms in total. The van der Waals surface area contributed by atoms with Gasteiger partial charge in [0, 0.05) is 48.7 Å². The second kappa shape index (κ2) is 7.96. The molecule has 1 aromatic carbocycles. The van der Waals surface area contributed by atoms with Gasteiger partial charge in [0.2, 0.25) is 11.9 Å². The predicted octanol–water partition coefficient (Wildman–Crippen LogP) is 2.47. The predicted molar refractivity (Wildman–Crippen MR) is 107 cm³/mol. The highest BCUT2D eigenvalue weighted by Crippen LogP contribution is 2.38. The molecule has 2 aliphatic rings. The van der Waals surface area contributed by atoms with Crippen LogP contribution in [-0.4, -0.2) is 40.9 Å². The number of nitrogens with zero attached hydrogens (tertiary/aromatic N) is 3. The minimum atomic E-state index is -0.106. The van der Waals surface area contributed by atoms with Gasteiger partial charge in [-0.3, -0.25) is 9.59 Å². The van der Waals surface area contributed by atoms with Crippen molar-refractivity contribution in [3.05, 3.63) is 48.3 Å². The summed E-state index contributed by atoms with van der Waals surface area (Å²) >= 11 is 0. The number of nitrogens with one attached hydrogen (secondary N) is 2. The quantitative estimate of drug-likeness (QED) is 0.833. The largest absolute Gasteiger partial charge is 0.349 e. The van der Waals surface area contributed by atoms with Gasteiger partial charge >= 0.3 is 0 Å². The molecule has 2 atom stereocenters. The van der Waals surface area contributed by atoms with E-state index in [4.69, 9.17) is 0 Å². The van der Waals surface area contributed by atoms with E-state index in [1.165, 1.54) is 0 Å². The van der Waals surface area contributed by atoms with E-state index in [1.54, 1.807) is 36.7 Å².